The average Bonchev–Trinajstić information content (AvgIpc) is 2.83. The van der Waals surface area contributed by atoms with Crippen LogP contribution in [0.15, 0.2) is 41.4 Å². The van der Waals surface area contributed by atoms with Crippen LogP contribution in [0.2, 0.25) is 0 Å². The van der Waals surface area contributed by atoms with Crippen LogP contribution in [0.1, 0.15) is 19.8 Å². The maximum Gasteiger partial charge on any atom is 0.249 e. The number of benzene rings is 1. The summed E-state index contributed by atoms with van der Waals surface area (Å²) in [6.07, 6.45) is 3.40. The lowest BCUT2D eigenvalue weighted by atomic mass is 10.00. The molecule has 0 radical (unpaired) electrons. The molecule has 2 aliphatic rings. The maximum atomic E-state index is 12.9. The van der Waals surface area contributed by atoms with Crippen molar-refractivity contribution in [2.45, 2.75) is 36.7 Å². The van der Waals surface area contributed by atoms with Crippen molar-refractivity contribution in [3.05, 3.63) is 36.5 Å². The topological polar surface area (TPSA) is 107 Å². The zero-order valence-corrected chi connectivity index (χ0v) is 21.5. The predicted octanol–water partition coefficient (Wildman–Crippen LogP) is 2.02. The molecule has 1 amide bonds. The predicted molar refractivity (Wildman–Crippen MR) is 137 cm³/mol. The first-order valence-corrected chi connectivity index (χ1v) is 13.3. The fourth-order valence-corrected chi connectivity index (χ4v) is 5.62. The van der Waals surface area contributed by atoms with Crippen LogP contribution in [-0.4, -0.2) is 83.7 Å². The Kier molecular flexibility index (Phi) is 7.60. The van der Waals surface area contributed by atoms with Gasteiger partial charge < -0.3 is 24.8 Å². The van der Waals surface area contributed by atoms with E-state index in [1.54, 1.807) is 42.4 Å². The molecule has 1 atom stereocenters. The lowest BCUT2D eigenvalue weighted by molar-refractivity contribution is -0.119. The Bertz CT molecular complexity index is 1170. The van der Waals surface area contributed by atoms with Gasteiger partial charge in [0.25, 0.3) is 0 Å². The highest BCUT2D eigenvalue weighted by atomic mass is 32.2. The average molecular weight is 503 g/mol. The number of nitrogens with one attached hydrogen (secondary N) is 2. The number of likely N-dealkylation sites (N-methyl/N-ethyl adjacent to an activating group) is 2. The molecule has 2 aliphatic heterocycles. The van der Waals surface area contributed by atoms with Gasteiger partial charge in [0.1, 0.15) is 11.9 Å². The lowest BCUT2D eigenvalue weighted by Gasteiger charge is -2.45. The van der Waals surface area contributed by atoms with E-state index >= 15 is 0 Å². The number of sulfonamides is 1. The first-order valence-electron chi connectivity index (χ1n) is 11.8. The Hall–Kier alpha value is -2.73. The molecular formula is C24H34N6O4S. The number of anilines is 4. The molecule has 4 rings (SSSR count). The van der Waals surface area contributed by atoms with E-state index in [9.17, 15) is 13.2 Å². The van der Waals surface area contributed by atoms with Crippen LogP contribution in [0, 0.1) is 0 Å². The van der Waals surface area contributed by atoms with E-state index in [0.717, 1.165) is 24.2 Å². The molecule has 3 heterocycles. The fourth-order valence-electron chi connectivity index (χ4n) is 4.55. The molecule has 1 fully saturated rings. The SMILES string of the molecule is CC1C(=O)N(C)c2cnc(Nc3cccc(S(=O)(=O)NCCN(C)C)c3)cc2N1C1CCOCC1. The van der Waals surface area contributed by atoms with Crippen molar-refractivity contribution in [3.63, 3.8) is 0 Å². The van der Waals surface area contributed by atoms with E-state index in [0.29, 0.717) is 37.8 Å². The molecule has 1 unspecified atom stereocenters. The number of carbonyl (C=O) groups excluding carboxylic acids is 1. The van der Waals surface area contributed by atoms with E-state index in [2.05, 4.69) is 19.9 Å². The third-order valence-corrected chi connectivity index (χ3v) is 7.92. The van der Waals surface area contributed by atoms with Gasteiger partial charge in [-0.15, -0.1) is 0 Å². The number of nitrogens with zero attached hydrogens (tertiary/aromatic N) is 4. The van der Waals surface area contributed by atoms with Crippen LogP contribution in [0.25, 0.3) is 0 Å². The van der Waals surface area contributed by atoms with Crippen molar-refractivity contribution in [1.82, 2.24) is 14.6 Å². The third-order valence-electron chi connectivity index (χ3n) is 6.46. The summed E-state index contributed by atoms with van der Waals surface area (Å²) in [6.45, 7) is 4.21. The quantitative estimate of drug-likeness (QED) is 0.565. The summed E-state index contributed by atoms with van der Waals surface area (Å²) < 4.78 is 33.6. The number of carbonyl (C=O) groups is 1. The number of hydrogen-bond donors (Lipinski definition) is 2. The highest BCUT2D eigenvalue weighted by Gasteiger charge is 2.38. The van der Waals surface area contributed by atoms with Crippen LogP contribution >= 0.6 is 0 Å². The molecule has 0 aliphatic carbocycles. The number of ether oxygens (including phenoxy) is 1. The van der Waals surface area contributed by atoms with Gasteiger partial charge in [-0.2, -0.15) is 0 Å². The van der Waals surface area contributed by atoms with Crippen LogP contribution < -0.4 is 19.8 Å². The molecule has 2 N–H and O–H groups in total. The summed E-state index contributed by atoms with van der Waals surface area (Å²) in [5, 5.41) is 3.24. The van der Waals surface area contributed by atoms with Gasteiger partial charge in [0.05, 0.1) is 22.5 Å². The highest BCUT2D eigenvalue weighted by Crippen LogP contribution is 2.39. The fraction of sp³-hybridized carbons (Fsp3) is 0.500. The molecule has 2 aromatic rings. The summed E-state index contributed by atoms with van der Waals surface area (Å²) in [5.41, 5.74) is 2.29. The maximum absolute atomic E-state index is 12.9. The Morgan fingerprint density at radius 1 is 1.17 bits per heavy atom. The summed E-state index contributed by atoms with van der Waals surface area (Å²) in [7, 11) is 1.92. The number of rotatable bonds is 8. The van der Waals surface area contributed by atoms with Crippen molar-refractivity contribution < 1.29 is 17.9 Å². The number of fused-ring (bicyclic) bond motifs is 1. The summed E-state index contributed by atoms with van der Waals surface area (Å²) >= 11 is 0. The molecule has 1 aromatic heterocycles. The van der Waals surface area contributed by atoms with Crippen molar-refractivity contribution in [2.24, 2.45) is 0 Å². The molecule has 190 valence electrons. The number of aromatic nitrogens is 1. The van der Waals surface area contributed by atoms with Crippen LogP contribution in [-0.2, 0) is 19.6 Å². The van der Waals surface area contributed by atoms with Gasteiger partial charge in [-0.1, -0.05) is 6.07 Å². The van der Waals surface area contributed by atoms with Gasteiger partial charge in [-0.3, -0.25) is 4.79 Å². The van der Waals surface area contributed by atoms with Crippen molar-refractivity contribution in [3.8, 4) is 0 Å². The molecule has 0 bridgehead atoms. The van der Waals surface area contributed by atoms with E-state index in [-0.39, 0.29) is 22.9 Å². The van der Waals surface area contributed by atoms with Crippen LogP contribution in [0.5, 0.6) is 0 Å². The van der Waals surface area contributed by atoms with Gasteiger partial charge in [-0.25, -0.2) is 18.1 Å². The second kappa shape index (κ2) is 10.5. The van der Waals surface area contributed by atoms with Crippen molar-refractivity contribution in [1.29, 1.82) is 0 Å². The normalized spacial score (nSPS) is 19.2. The minimum atomic E-state index is -3.63. The Labute approximate surface area is 207 Å². The zero-order valence-electron chi connectivity index (χ0n) is 20.7. The number of amides is 1. The van der Waals surface area contributed by atoms with Crippen molar-refractivity contribution >= 4 is 38.8 Å². The molecule has 35 heavy (non-hydrogen) atoms. The minimum absolute atomic E-state index is 0.0335. The van der Waals surface area contributed by atoms with Gasteiger partial charge in [0.15, 0.2) is 0 Å². The lowest BCUT2D eigenvalue weighted by Crippen LogP contribution is -2.55. The van der Waals surface area contributed by atoms with Crippen LogP contribution in [0.4, 0.5) is 22.9 Å². The standard InChI is InChI=1S/C24H34N6O4S/c1-17-24(31)29(4)22-16-25-23(15-21(22)30(17)19-8-12-34-13-9-19)27-18-6-5-7-20(14-18)35(32,33)26-10-11-28(2)3/h5-7,14-17,19,26H,8-13H2,1-4H3,(H,25,27). The summed E-state index contributed by atoms with van der Waals surface area (Å²) in [5.74, 6) is 0.608. The van der Waals surface area contributed by atoms with Gasteiger partial charge in [0, 0.05) is 51.1 Å². The molecule has 10 nitrogen and oxygen atoms in total. The summed E-state index contributed by atoms with van der Waals surface area (Å²) in [4.78, 5) is 23.3. The second-order valence-electron chi connectivity index (χ2n) is 9.24. The molecule has 0 spiro atoms. The van der Waals surface area contributed by atoms with Crippen LogP contribution in [0.3, 0.4) is 0 Å². The van der Waals surface area contributed by atoms with E-state index in [1.807, 2.05) is 32.0 Å². The number of hydrogen-bond acceptors (Lipinski definition) is 8. The Balaban J connectivity index is 1.59. The zero-order chi connectivity index (χ0) is 25.2. The van der Waals surface area contributed by atoms with E-state index in [4.69, 9.17) is 4.74 Å². The van der Waals surface area contributed by atoms with Gasteiger partial charge in [0.2, 0.25) is 15.9 Å². The summed E-state index contributed by atoms with van der Waals surface area (Å²) in [6, 6.07) is 8.49. The van der Waals surface area contributed by atoms with E-state index in [1.165, 1.54) is 0 Å². The Morgan fingerprint density at radius 3 is 2.63 bits per heavy atom. The minimum Gasteiger partial charge on any atom is -0.381 e. The smallest absolute Gasteiger partial charge is 0.249 e. The Morgan fingerprint density at radius 2 is 1.91 bits per heavy atom. The van der Waals surface area contributed by atoms with Gasteiger partial charge in [-0.05, 0) is 52.1 Å². The first-order chi connectivity index (χ1) is 16.7. The number of pyridine rings is 1. The largest absolute Gasteiger partial charge is 0.381 e. The molecule has 0 saturated carbocycles. The monoisotopic (exact) mass is 502 g/mol. The first kappa shape index (κ1) is 25.4. The van der Waals surface area contributed by atoms with E-state index < -0.39 is 10.0 Å². The molecule has 1 aromatic carbocycles. The van der Waals surface area contributed by atoms with Gasteiger partial charge >= 0.3 is 0 Å². The molecule has 11 heteroatoms. The third kappa shape index (κ3) is 5.58. The highest BCUT2D eigenvalue weighted by molar-refractivity contribution is 7.89. The molecule has 1 saturated heterocycles. The van der Waals surface area contributed by atoms with Crippen molar-refractivity contribution in [2.75, 3.05) is 62.6 Å². The molecular weight excluding hydrogens is 468 g/mol. The second-order valence-corrected chi connectivity index (χ2v) is 11.0.